The molecule has 1 aromatic rings. The van der Waals surface area contributed by atoms with Gasteiger partial charge < -0.3 is 4.74 Å². The van der Waals surface area contributed by atoms with Gasteiger partial charge in [-0.15, -0.1) is 0 Å². The van der Waals surface area contributed by atoms with Gasteiger partial charge in [-0.2, -0.15) is 0 Å². The molecule has 0 saturated carbocycles. The maximum atomic E-state index is 10.9. The second-order valence-electron chi connectivity index (χ2n) is 1.83. The summed E-state index contributed by atoms with van der Waals surface area (Å²) in [6, 6.07) is 3.23. The molecule has 1 heterocycles. The van der Waals surface area contributed by atoms with E-state index < -0.39 is 5.97 Å². The average molecular weight is 180 g/mol. The summed E-state index contributed by atoms with van der Waals surface area (Å²) in [5.41, 5.74) is 0.150. The summed E-state index contributed by atoms with van der Waals surface area (Å²) in [6.45, 7) is 0. The zero-order valence-electron chi connectivity index (χ0n) is 5.87. The number of ether oxygens (including phenoxy) is 1. The van der Waals surface area contributed by atoms with Crippen molar-refractivity contribution in [3.8, 4) is 0 Å². The Hall–Kier alpha value is -0.493. The van der Waals surface area contributed by atoms with Gasteiger partial charge in [0.2, 0.25) is 0 Å². The van der Waals surface area contributed by atoms with E-state index in [4.69, 9.17) is 11.6 Å². The Morgan fingerprint density at radius 3 is 2.83 bits per heavy atom. The molecule has 0 N–H and O–H groups in total. The minimum atomic E-state index is -0.518. The Bertz CT molecular complexity index is 280. The van der Waals surface area contributed by atoms with Crippen LogP contribution in [0.2, 0.25) is 5.02 Å². The maximum absolute atomic E-state index is 10.9. The molecule has 60 valence electrons. The summed E-state index contributed by atoms with van der Waals surface area (Å²) >= 11 is 5.63. The molecule has 0 aromatic carbocycles. The van der Waals surface area contributed by atoms with Crippen molar-refractivity contribution in [1.82, 2.24) is 4.98 Å². The van der Waals surface area contributed by atoms with E-state index in [0.717, 1.165) is 0 Å². The summed E-state index contributed by atoms with van der Waals surface area (Å²) in [6.07, 6.45) is 1.48. The molecule has 0 bridgehead atoms. The minimum absolute atomic E-state index is 0. The molecule has 0 aliphatic carbocycles. The second-order valence-corrected chi connectivity index (χ2v) is 2.23. The Kier molecular flexibility index (Phi) is 4.99. The van der Waals surface area contributed by atoms with E-state index in [0.29, 0.717) is 5.02 Å². The van der Waals surface area contributed by atoms with Crippen LogP contribution < -0.4 is 0 Å². The van der Waals surface area contributed by atoms with E-state index in [9.17, 15) is 4.79 Å². The third-order valence-electron chi connectivity index (χ3n) is 1.14. The summed E-state index contributed by atoms with van der Waals surface area (Å²) < 4.78 is 4.43. The molecule has 0 atom stereocenters. The first kappa shape index (κ1) is 11.5. The monoisotopic (exact) mass is 179 g/mol. The van der Waals surface area contributed by atoms with Crippen molar-refractivity contribution < 1.29 is 9.53 Å². The normalized spacial score (nSPS) is 8.50. The van der Waals surface area contributed by atoms with Crippen molar-refractivity contribution in [1.29, 1.82) is 0 Å². The Morgan fingerprint density at radius 1 is 1.67 bits per heavy atom. The standard InChI is InChI=1S/C7H6ClNO2.Li.H/c1-11-7(10)6-5(8)3-2-4-9-6;;/h2-4H,1H3;;. The summed E-state index contributed by atoms with van der Waals surface area (Å²) in [5.74, 6) is -0.518. The summed E-state index contributed by atoms with van der Waals surface area (Å²) in [7, 11) is 1.29. The van der Waals surface area contributed by atoms with Gasteiger partial charge in [-0.25, -0.2) is 9.78 Å². The Morgan fingerprint density at radius 2 is 2.33 bits per heavy atom. The molecule has 0 fully saturated rings. The molecule has 0 unspecified atom stereocenters. The van der Waals surface area contributed by atoms with E-state index in [-0.39, 0.29) is 24.6 Å². The van der Waals surface area contributed by atoms with Gasteiger partial charge in [-0.05, 0) is 12.1 Å². The van der Waals surface area contributed by atoms with Crippen LogP contribution in [0.3, 0.4) is 0 Å². The Labute approximate surface area is 87.3 Å². The second kappa shape index (κ2) is 5.21. The van der Waals surface area contributed by atoms with Crippen molar-refractivity contribution in [3.63, 3.8) is 0 Å². The number of rotatable bonds is 1. The van der Waals surface area contributed by atoms with Crippen LogP contribution in [0.15, 0.2) is 18.3 Å². The molecule has 0 amide bonds. The van der Waals surface area contributed by atoms with E-state index >= 15 is 0 Å². The third-order valence-corrected chi connectivity index (χ3v) is 1.44. The molecule has 3 nitrogen and oxygen atoms in total. The van der Waals surface area contributed by atoms with Crippen LogP contribution in [-0.4, -0.2) is 36.9 Å². The van der Waals surface area contributed by atoms with E-state index in [1.165, 1.54) is 13.3 Å². The van der Waals surface area contributed by atoms with Crippen LogP contribution >= 0.6 is 11.6 Å². The van der Waals surface area contributed by atoms with Gasteiger partial charge in [0.25, 0.3) is 0 Å². The number of methoxy groups -OCH3 is 1. The van der Waals surface area contributed by atoms with Crippen LogP contribution in [0, 0.1) is 0 Å². The van der Waals surface area contributed by atoms with Crippen LogP contribution in [0.25, 0.3) is 0 Å². The first-order chi connectivity index (χ1) is 5.25. The van der Waals surface area contributed by atoms with Gasteiger partial charge in [0.05, 0.1) is 12.1 Å². The van der Waals surface area contributed by atoms with E-state index in [2.05, 4.69) is 9.72 Å². The van der Waals surface area contributed by atoms with Crippen molar-refractivity contribution >= 4 is 36.4 Å². The van der Waals surface area contributed by atoms with Crippen LogP contribution in [0.5, 0.6) is 0 Å². The number of carbonyl (C=O) groups excluding carboxylic acids is 1. The number of esters is 1. The van der Waals surface area contributed by atoms with Crippen molar-refractivity contribution in [3.05, 3.63) is 29.0 Å². The number of aromatic nitrogens is 1. The van der Waals surface area contributed by atoms with Crippen LogP contribution in [-0.2, 0) is 4.74 Å². The summed E-state index contributed by atoms with van der Waals surface area (Å²) in [5, 5.41) is 0.305. The van der Waals surface area contributed by atoms with Gasteiger partial charge in [0.1, 0.15) is 0 Å². The third kappa shape index (κ3) is 2.53. The topological polar surface area (TPSA) is 39.2 Å². The molecule has 0 aliphatic rings. The molecular weight excluding hydrogens is 172 g/mol. The molecule has 1 rings (SSSR count). The molecule has 1 aromatic heterocycles. The fourth-order valence-electron chi connectivity index (χ4n) is 0.633. The predicted octanol–water partition coefficient (Wildman–Crippen LogP) is 0.873. The zero-order valence-corrected chi connectivity index (χ0v) is 6.63. The van der Waals surface area contributed by atoms with Crippen molar-refractivity contribution in [2.45, 2.75) is 0 Å². The van der Waals surface area contributed by atoms with Gasteiger partial charge in [0, 0.05) is 6.20 Å². The van der Waals surface area contributed by atoms with Crippen LogP contribution in [0.1, 0.15) is 10.5 Å². The molecular formula is C7H7ClLiNO2. The first-order valence-corrected chi connectivity index (χ1v) is 3.32. The molecule has 0 spiro atoms. The zero-order chi connectivity index (χ0) is 8.27. The number of hydrogen-bond donors (Lipinski definition) is 0. The van der Waals surface area contributed by atoms with Gasteiger partial charge in [-0.3, -0.25) is 0 Å². The number of hydrogen-bond acceptors (Lipinski definition) is 3. The Balaban J connectivity index is 0.00000121. The molecule has 0 saturated heterocycles. The van der Waals surface area contributed by atoms with Gasteiger partial charge in [0.15, 0.2) is 5.69 Å². The van der Waals surface area contributed by atoms with Gasteiger partial charge >= 0.3 is 24.8 Å². The quantitative estimate of drug-likeness (QED) is 0.475. The molecule has 12 heavy (non-hydrogen) atoms. The number of nitrogens with zero attached hydrogens (tertiary/aromatic N) is 1. The van der Waals surface area contributed by atoms with Crippen molar-refractivity contribution in [2.24, 2.45) is 0 Å². The number of halogens is 1. The SMILES string of the molecule is COC(=O)c1ncccc1Cl.[LiH]. The predicted molar refractivity (Wildman–Crippen MR) is 47.7 cm³/mol. The fourth-order valence-corrected chi connectivity index (χ4v) is 0.831. The molecule has 0 radical (unpaired) electrons. The number of carbonyl (C=O) groups is 1. The number of pyridine rings is 1. The molecule has 0 aliphatic heterocycles. The first-order valence-electron chi connectivity index (χ1n) is 2.94. The van der Waals surface area contributed by atoms with E-state index in [1.807, 2.05) is 0 Å². The van der Waals surface area contributed by atoms with Gasteiger partial charge in [-0.1, -0.05) is 11.6 Å². The average Bonchev–Trinajstić information content (AvgIpc) is 2.04. The fraction of sp³-hybridized carbons (Fsp3) is 0.143. The summed E-state index contributed by atoms with van der Waals surface area (Å²) in [4.78, 5) is 14.6. The van der Waals surface area contributed by atoms with E-state index in [1.54, 1.807) is 12.1 Å². The van der Waals surface area contributed by atoms with Crippen molar-refractivity contribution in [2.75, 3.05) is 7.11 Å². The van der Waals surface area contributed by atoms with Crippen LogP contribution in [0.4, 0.5) is 0 Å². The molecule has 5 heteroatoms.